The summed E-state index contributed by atoms with van der Waals surface area (Å²) in [6.45, 7) is -0.0453. The van der Waals surface area contributed by atoms with Crippen LogP contribution in [0.5, 0.6) is 5.75 Å². The Morgan fingerprint density at radius 1 is 1.16 bits per heavy atom. The first-order valence-corrected chi connectivity index (χ1v) is 10.6. The largest absolute Gasteiger partial charge is 0.491 e. The Kier molecular flexibility index (Phi) is 6.69. The number of aliphatic hydroxyl groups is 1. The van der Waals surface area contributed by atoms with Crippen LogP contribution in [-0.4, -0.2) is 31.0 Å². The van der Waals surface area contributed by atoms with E-state index in [1.165, 1.54) is 19.2 Å². The van der Waals surface area contributed by atoms with Crippen LogP contribution < -0.4 is 4.74 Å². The van der Waals surface area contributed by atoms with Crippen LogP contribution >= 0.6 is 11.6 Å². The van der Waals surface area contributed by atoms with Crippen LogP contribution in [-0.2, 0) is 11.2 Å². The van der Waals surface area contributed by atoms with Gasteiger partial charge in [-0.15, -0.1) is 0 Å². The van der Waals surface area contributed by atoms with Crippen LogP contribution in [0.25, 0.3) is 10.8 Å². The van der Waals surface area contributed by atoms with Crippen molar-refractivity contribution < 1.29 is 23.4 Å². The quantitative estimate of drug-likeness (QED) is 0.477. The Labute approximate surface area is 188 Å². The van der Waals surface area contributed by atoms with Crippen LogP contribution in [0.15, 0.2) is 47.6 Å². The van der Waals surface area contributed by atoms with Crippen molar-refractivity contribution in [2.24, 2.45) is 5.18 Å². The molecule has 32 heavy (non-hydrogen) atoms. The molecule has 0 amide bonds. The smallest absolute Gasteiger partial charge is 0.190 e. The summed E-state index contributed by atoms with van der Waals surface area (Å²) >= 11 is 6.69. The first-order chi connectivity index (χ1) is 15.4. The number of fused-ring (bicyclic) bond motifs is 1. The van der Waals surface area contributed by atoms with Gasteiger partial charge in [-0.1, -0.05) is 47.1 Å². The minimum atomic E-state index is -0.789. The van der Waals surface area contributed by atoms with Crippen molar-refractivity contribution in [1.29, 1.82) is 0 Å². The van der Waals surface area contributed by atoms with Gasteiger partial charge in [-0.3, -0.25) is 0 Å². The number of hydrogen-bond acceptors (Lipinski definition) is 5. The molecule has 0 spiro atoms. The number of nitroso groups, excluding NO2 is 1. The van der Waals surface area contributed by atoms with Gasteiger partial charge in [0.25, 0.3) is 0 Å². The SMILES string of the molecule is COc1c(F)cc(Cc2cc(C3CC(O)CC(CN=O)O3)c3ccccc3c2Cl)cc1F. The molecule has 0 saturated carbocycles. The molecule has 0 bridgehead atoms. The highest BCUT2D eigenvalue weighted by atomic mass is 35.5. The number of rotatable bonds is 6. The number of halogens is 3. The monoisotopic (exact) mass is 461 g/mol. The molecule has 3 unspecified atom stereocenters. The molecular formula is C24H22ClF2NO4. The average molecular weight is 462 g/mol. The van der Waals surface area contributed by atoms with Crippen molar-refractivity contribution in [3.63, 3.8) is 0 Å². The highest BCUT2D eigenvalue weighted by molar-refractivity contribution is 6.36. The van der Waals surface area contributed by atoms with E-state index in [0.717, 1.165) is 16.3 Å². The zero-order valence-corrected chi connectivity index (χ0v) is 18.1. The summed E-state index contributed by atoms with van der Waals surface area (Å²) in [4.78, 5) is 10.7. The standard InChI is InChI=1S/C24H22ClF2NO4/c1-31-24-20(26)7-13(8-21(24)27)6-14-9-19(17-4-2-3-5-18(17)23(14)25)22-11-15(29)10-16(32-22)12-28-30/h2-5,7-9,15-16,22,29H,6,10-12H2,1H3. The molecule has 8 heteroatoms. The molecule has 1 heterocycles. The molecule has 3 atom stereocenters. The van der Waals surface area contributed by atoms with E-state index >= 15 is 0 Å². The first kappa shape index (κ1) is 22.6. The Balaban J connectivity index is 1.78. The molecule has 168 valence electrons. The lowest BCUT2D eigenvalue weighted by Crippen LogP contribution is -2.33. The Morgan fingerprint density at radius 3 is 2.50 bits per heavy atom. The molecule has 0 radical (unpaired) electrons. The van der Waals surface area contributed by atoms with E-state index in [1.807, 2.05) is 30.3 Å². The van der Waals surface area contributed by atoms with E-state index in [1.54, 1.807) is 0 Å². The second kappa shape index (κ2) is 9.48. The average Bonchev–Trinajstić information content (AvgIpc) is 2.75. The van der Waals surface area contributed by atoms with Crippen molar-refractivity contribution in [2.45, 2.75) is 37.6 Å². The minimum Gasteiger partial charge on any atom is -0.491 e. The number of hydrogen-bond donors (Lipinski definition) is 1. The molecule has 3 aromatic rings. The van der Waals surface area contributed by atoms with Crippen molar-refractivity contribution in [3.8, 4) is 5.75 Å². The Bertz CT molecular complexity index is 1130. The number of nitrogens with zero attached hydrogens (tertiary/aromatic N) is 1. The van der Waals surface area contributed by atoms with E-state index in [0.29, 0.717) is 29.0 Å². The summed E-state index contributed by atoms with van der Waals surface area (Å²) in [6, 6.07) is 11.8. The van der Waals surface area contributed by atoms with Crippen molar-refractivity contribution in [1.82, 2.24) is 0 Å². The Hall–Kier alpha value is -2.61. The second-order valence-corrected chi connectivity index (χ2v) is 8.32. The summed E-state index contributed by atoms with van der Waals surface area (Å²) in [5.74, 6) is -2.01. The number of benzene rings is 3. The molecule has 0 aliphatic carbocycles. The fourth-order valence-corrected chi connectivity index (χ4v) is 4.63. The topological polar surface area (TPSA) is 68.1 Å². The van der Waals surface area contributed by atoms with Crippen molar-refractivity contribution in [2.75, 3.05) is 13.7 Å². The van der Waals surface area contributed by atoms with Gasteiger partial charge in [0.15, 0.2) is 17.4 Å². The molecule has 1 fully saturated rings. The fraction of sp³-hybridized carbons (Fsp3) is 0.333. The van der Waals surface area contributed by atoms with E-state index in [9.17, 15) is 18.8 Å². The minimum absolute atomic E-state index is 0.0453. The molecule has 1 N–H and O–H groups in total. The van der Waals surface area contributed by atoms with Crippen LogP contribution in [0.4, 0.5) is 8.78 Å². The van der Waals surface area contributed by atoms with Crippen molar-refractivity contribution >= 4 is 22.4 Å². The molecule has 3 aromatic carbocycles. The normalized spacial score (nSPS) is 21.0. The van der Waals surface area contributed by atoms with Crippen molar-refractivity contribution in [3.05, 3.63) is 80.7 Å². The molecule has 5 nitrogen and oxygen atoms in total. The lowest BCUT2D eigenvalue weighted by atomic mass is 9.90. The second-order valence-electron chi connectivity index (χ2n) is 7.94. The van der Waals surface area contributed by atoms with E-state index < -0.39 is 35.7 Å². The molecule has 1 aliphatic rings. The molecule has 1 saturated heterocycles. The van der Waals surface area contributed by atoms with Gasteiger partial charge in [-0.05, 0) is 40.6 Å². The van der Waals surface area contributed by atoms with Gasteiger partial charge in [0.05, 0.1) is 30.4 Å². The van der Waals surface area contributed by atoms with Crippen LogP contribution in [0, 0.1) is 16.5 Å². The lowest BCUT2D eigenvalue weighted by molar-refractivity contribution is -0.0925. The lowest BCUT2D eigenvalue weighted by Gasteiger charge is -2.33. The summed E-state index contributed by atoms with van der Waals surface area (Å²) in [7, 11) is 1.21. The third-order valence-corrected chi connectivity index (χ3v) is 6.19. The number of aliphatic hydroxyl groups excluding tert-OH is 1. The maximum Gasteiger partial charge on any atom is 0.190 e. The third-order valence-electron chi connectivity index (χ3n) is 5.75. The molecular weight excluding hydrogens is 440 g/mol. The fourth-order valence-electron chi connectivity index (χ4n) is 4.34. The molecule has 1 aliphatic heterocycles. The highest BCUT2D eigenvalue weighted by Gasteiger charge is 2.31. The summed E-state index contributed by atoms with van der Waals surface area (Å²) < 4.78 is 39.3. The van der Waals surface area contributed by atoms with Gasteiger partial charge in [-0.2, -0.15) is 4.91 Å². The van der Waals surface area contributed by atoms with E-state index in [-0.39, 0.29) is 13.0 Å². The summed E-state index contributed by atoms with van der Waals surface area (Å²) in [5.41, 5.74) is 1.86. The van der Waals surface area contributed by atoms with Gasteiger partial charge in [0.1, 0.15) is 6.54 Å². The van der Waals surface area contributed by atoms with E-state index in [2.05, 4.69) is 5.18 Å². The van der Waals surface area contributed by atoms with E-state index in [4.69, 9.17) is 21.1 Å². The van der Waals surface area contributed by atoms with Gasteiger partial charge in [0.2, 0.25) is 0 Å². The predicted octanol–water partition coefficient (Wildman–Crippen LogP) is 5.72. The zero-order valence-electron chi connectivity index (χ0n) is 17.4. The first-order valence-electron chi connectivity index (χ1n) is 10.3. The summed E-state index contributed by atoms with van der Waals surface area (Å²) in [5, 5.41) is 15.3. The highest BCUT2D eigenvalue weighted by Crippen LogP contribution is 2.40. The van der Waals surface area contributed by atoms with Gasteiger partial charge in [-0.25, -0.2) is 8.78 Å². The van der Waals surface area contributed by atoms with Crippen LogP contribution in [0.3, 0.4) is 0 Å². The number of methoxy groups -OCH3 is 1. The van der Waals surface area contributed by atoms with Crippen LogP contribution in [0.2, 0.25) is 5.02 Å². The maximum absolute atomic E-state index is 14.2. The predicted molar refractivity (Wildman–Crippen MR) is 118 cm³/mol. The van der Waals surface area contributed by atoms with Gasteiger partial charge < -0.3 is 14.6 Å². The summed E-state index contributed by atoms with van der Waals surface area (Å²) in [6.07, 6.45) is -0.719. The number of ether oxygens (including phenoxy) is 2. The van der Waals surface area contributed by atoms with Crippen LogP contribution in [0.1, 0.15) is 35.6 Å². The molecule has 0 aromatic heterocycles. The Morgan fingerprint density at radius 2 is 1.84 bits per heavy atom. The third kappa shape index (κ3) is 4.46. The zero-order chi connectivity index (χ0) is 22.8. The molecule has 4 rings (SSSR count). The van der Waals surface area contributed by atoms with Gasteiger partial charge in [0, 0.05) is 18.2 Å². The van der Waals surface area contributed by atoms with Gasteiger partial charge >= 0.3 is 0 Å². The maximum atomic E-state index is 14.2.